The number of hydrogen-bond donors (Lipinski definition) is 0. The number of carbonyl (C=O) groups is 1. The van der Waals surface area contributed by atoms with Crippen molar-refractivity contribution in [2.24, 2.45) is 0 Å². The fourth-order valence-corrected chi connectivity index (χ4v) is 3.74. The predicted octanol–water partition coefficient (Wildman–Crippen LogP) is 0.391. The van der Waals surface area contributed by atoms with Crippen LogP contribution in [0.3, 0.4) is 0 Å². The van der Waals surface area contributed by atoms with Crippen molar-refractivity contribution < 1.29 is 22.0 Å². The van der Waals surface area contributed by atoms with Crippen LogP contribution in [0, 0.1) is 0 Å². The first-order valence-corrected chi connectivity index (χ1v) is 8.31. The van der Waals surface area contributed by atoms with E-state index in [1.165, 1.54) is 11.2 Å². The zero-order valence-corrected chi connectivity index (χ0v) is 13.0. The van der Waals surface area contributed by atoms with Crippen LogP contribution in [0.25, 0.3) is 0 Å². The van der Waals surface area contributed by atoms with Crippen LogP contribution in [0.4, 0.5) is 8.78 Å². The Bertz CT molecular complexity index is 632. The van der Waals surface area contributed by atoms with Gasteiger partial charge in [-0.05, 0) is 6.42 Å². The largest absolute Gasteiger partial charge is 0.342 e. The van der Waals surface area contributed by atoms with Crippen LogP contribution >= 0.6 is 0 Å². The number of carbonyl (C=O) groups excluding carboxylic acids is 1. The maximum absolute atomic E-state index is 12.5. The second-order valence-corrected chi connectivity index (χ2v) is 6.99. The van der Waals surface area contributed by atoms with Gasteiger partial charge in [0.05, 0.1) is 6.20 Å². The van der Waals surface area contributed by atoms with Gasteiger partial charge in [0, 0.05) is 39.3 Å². The smallest absolute Gasteiger partial charge is 0.257 e. The predicted molar refractivity (Wildman–Crippen MR) is 73.9 cm³/mol. The van der Waals surface area contributed by atoms with Gasteiger partial charge in [0.25, 0.3) is 6.43 Å². The third kappa shape index (κ3) is 3.80. The Morgan fingerprint density at radius 1 is 1.32 bits per heavy atom. The quantitative estimate of drug-likeness (QED) is 0.797. The second kappa shape index (κ2) is 6.69. The summed E-state index contributed by atoms with van der Waals surface area (Å²) in [6.07, 6.45) is 0.113. The monoisotopic (exact) mass is 336 g/mol. The zero-order chi connectivity index (χ0) is 16.3. The topological polar surface area (TPSA) is 75.5 Å². The lowest BCUT2D eigenvalue weighted by Gasteiger charge is -2.20. The van der Waals surface area contributed by atoms with Crippen molar-refractivity contribution >= 4 is 15.9 Å². The minimum Gasteiger partial charge on any atom is -0.342 e. The lowest BCUT2D eigenvalue weighted by molar-refractivity contribution is -0.128. The first kappa shape index (κ1) is 16.8. The summed E-state index contributed by atoms with van der Waals surface area (Å²) in [6, 6.07) is 0. The molecule has 0 bridgehead atoms. The molecule has 1 aromatic rings. The molecule has 0 spiro atoms. The van der Waals surface area contributed by atoms with E-state index < -0.39 is 23.0 Å². The van der Waals surface area contributed by atoms with E-state index in [-0.39, 0.29) is 23.9 Å². The summed E-state index contributed by atoms with van der Waals surface area (Å²) in [4.78, 5) is 12.8. The second-order valence-electron chi connectivity index (χ2n) is 5.05. The Balaban J connectivity index is 2.12. The molecule has 2 rings (SSSR count). The Hall–Kier alpha value is -1.55. The molecule has 10 heteroatoms. The van der Waals surface area contributed by atoms with Gasteiger partial charge in [-0.1, -0.05) is 0 Å². The minimum atomic E-state index is -3.78. The highest BCUT2D eigenvalue weighted by atomic mass is 32.2. The molecule has 1 aliphatic rings. The van der Waals surface area contributed by atoms with Gasteiger partial charge in [0.1, 0.15) is 11.4 Å². The van der Waals surface area contributed by atoms with E-state index in [2.05, 4.69) is 5.10 Å². The van der Waals surface area contributed by atoms with E-state index in [0.29, 0.717) is 19.5 Å². The van der Waals surface area contributed by atoms with Crippen LogP contribution in [0.15, 0.2) is 17.3 Å². The number of nitrogens with zero attached hydrogens (tertiary/aromatic N) is 4. The molecular weight excluding hydrogens is 318 g/mol. The average Bonchev–Trinajstić information content (AvgIpc) is 2.74. The molecule has 0 aliphatic carbocycles. The number of sulfonamides is 1. The maximum Gasteiger partial charge on any atom is 0.257 e. The van der Waals surface area contributed by atoms with Gasteiger partial charge in [0.15, 0.2) is 0 Å². The van der Waals surface area contributed by atoms with Gasteiger partial charge >= 0.3 is 0 Å². The zero-order valence-electron chi connectivity index (χ0n) is 12.2. The molecule has 1 aromatic heterocycles. The summed E-state index contributed by atoms with van der Waals surface area (Å²) < 4.78 is 51.8. The Morgan fingerprint density at radius 3 is 2.68 bits per heavy atom. The highest BCUT2D eigenvalue weighted by Crippen LogP contribution is 2.17. The molecule has 1 amide bonds. The molecule has 0 saturated carbocycles. The summed E-state index contributed by atoms with van der Waals surface area (Å²) in [5.41, 5.74) is 0. The van der Waals surface area contributed by atoms with Gasteiger partial charge in [0.2, 0.25) is 15.9 Å². The van der Waals surface area contributed by atoms with Crippen LogP contribution in [0.5, 0.6) is 0 Å². The molecule has 22 heavy (non-hydrogen) atoms. The molecule has 124 valence electrons. The normalized spacial score (nSPS) is 17.7. The summed E-state index contributed by atoms with van der Waals surface area (Å²) in [7, 11) is -3.78. The number of amides is 1. The Kier molecular flexibility index (Phi) is 5.12. The van der Waals surface area contributed by atoms with Crippen molar-refractivity contribution in [3.63, 3.8) is 0 Å². The van der Waals surface area contributed by atoms with Crippen LogP contribution < -0.4 is 0 Å². The molecule has 7 nitrogen and oxygen atoms in total. The van der Waals surface area contributed by atoms with Gasteiger partial charge < -0.3 is 4.90 Å². The molecule has 2 heterocycles. The molecule has 1 fully saturated rings. The van der Waals surface area contributed by atoms with Crippen molar-refractivity contribution in [1.82, 2.24) is 19.0 Å². The van der Waals surface area contributed by atoms with E-state index in [0.717, 1.165) is 17.1 Å². The van der Waals surface area contributed by atoms with E-state index in [4.69, 9.17) is 0 Å². The van der Waals surface area contributed by atoms with Crippen molar-refractivity contribution in [3.8, 4) is 0 Å². The van der Waals surface area contributed by atoms with Crippen molar-refractivity contribution in [3.05, 3.63) is 12.4 Å². The Labute approximate surface area is 127 Å². The SMILES string of the molecule is CC(=O)N1CCCN(S(=O)(=O)c2cnn(CC(F)F)c2)CC1. The molecule has 1 aliphatic heterocycles. The number of hydrogen-bond acceptors (Lipinski definition) is 4. The summed E-state index contributed by atoms with van der Waals surface area (Å²) in [6.45, 7) is 2.09. The molecule has 0 aromatic carbocycles. The lowest BCUT2D eigenvalue weighted by atomic mass is 10.4. The number of alkyl halides is 2. The highest BCUT2D eigenvalue weighted by molar-refractivity contribution is 7.89. The van der Waals surface area contributed by atoms with Crippen molar-refractivity contribution in [1.29, 1.82) is 0 Å². The first-order valence-electron chi connectivity index (χ1n) is 6.87. The average molecular weight is 336 g/mol. The van der Waals surface area contributed by atoms with Crippen LogP contribution in [-0.2, 0) is 21.4 Å². The van der Waals surface area contributed by atoms with Crippen molar-refractivity contribution in [2.45, 2.75) is 31.2 Å². The van der Waals surface area contributed by atoms with Crippen molar-refractivity contribution in [2.75, 3.05) is 26.2 Å². The van der Waals surface area contributed by atoms with Gasteiger partial charge in [-0.3, -0.25) is 9.48 Å². The van der Waals surface area contributed by atoms with Gasteiger partial charge in [-0.25, -0.2) is 17.2 Å². The lowest BCUT2D eigenvalue weighted by Crippen LogP contribution is -2.36. The third-order valence-electron chi connectivity index (χ3n) is 3.47. The maximum atomic E-state index is 12.5. The molecule has 0 atom stereocenters. The minimum absolute atomic E-state index is 0.0935. The van der Waals surface area contributed by atoms with Crippen LogP contribution in [0.1, 0.15) is 13.3 Å². The van der Waals surface area contributed by atoms with E-state index in [1.54, 1.807) is 4.90 Å². The van der Waals surface area contributed by atoms with E-state index in [9.17, 15) is 22.0 Å². The number of rotatable bonds is 4. The summed E-state index contributed by atoms with van der Waals surface area (Å²) in [5.74, 6) is -0.0935. The van der Waals surface area contributed by atoms with E-state index >= 15 is 0 Å². The fourth-order valence-electron chi connectivity index (χ4n) is 2.32. The molecule has 1 saturated heterocycles. The molecule has 0 unspecified atom stereocenters. The summed E-state index contributed by atoms with van der Waals surface area (Å²) in [5, 5.41) is 3.65. The van der Waals surface area contributed by atoms with E-state index in [1.807, 2.05) is 0 Å². The van der Waals surface area contributed by atoms with Gasteiger partial charge in [-0.2, -0.15) is 9.40 Å². The fraction of sp³-hybridized carbons (Fsp3) is 0.667. The highest BCUT2D eigenvalue weighted by Gasteiger charge is 2.28. The standard InChI is InChI=1S/C12H18F2N4O3S/c1-10(19)16-3-2-4-18(6-5-16)22(20,21)11-7-15-17(8-11)9-12(13)14/h7-8,12H,2-6,9H2,1H3. The van der Waals surface area contributed by atoms with Crippen LogP contribution in [0.2, 0.25) is 0 Å². The Morgan fingerprint density at radius 2 is 2.05 bits per heavy atom. The molecular formula is C12H18F2N4O3S. The first-order chi connectivity index (χ1) is 10.3. The van der Waals surface area contributed by atoms with Gasteiger partial charge in [-0.15, -0.1) is 0 Å². The molecule has 0 N–H and O–H groups in total. The summed E-state index contributed by atoms with van der Waals surface area (Å²) >= 11 is 0. The number of aromatic nitrogens is 2. The number of halogens is 2. The molecule has 0 radical (unpaired) electrons. The van der Waals surface area contributed by atoms with Crippen LogP contribution in [-0.4, -0.2) is 65.9 Å². The third-order valence-corrected chi connectivity index (χ3v) is 5.32.